The van der Waals surface area contributed by atoms with E-state index < -0.39 is 0 Å². The van der Waals surface area contributed by atoms with Gasteiger partial charge in [0.15, 0.2) is 0 Å². The van der Waals surface area contributed by atoms with E-state index in [4.69, 9.17) is 0 Å². The first-order chi connectivity index (χ1) is 11.4. The molecule has 0 aromatic rings. The molecule has 0 heterocycles. The third-order valence-electron chi connectivity index (χ3n) is 6.09. The summed E-state index contributed by atoms with van der Waals surface area (Å²) in [5.41, 5.74) is 0.469. The van der Waals surface area contributed by atoms with Gasteiger partial charge in [0.1, 0.15) is 0 Å². The van der Waals surface area contributed by atoms with Crippen LogP contribution in [0.1, 0.15) is 51.9 Å². The van der Waals surface area contributed by atoms with E-state index >= 15 is 0 Å². The van der Waals surface area contributed by atoms with Crippen LogP contribution in [0.4, 0.5) is 0 Å². The first kappa shape index (κ1) is 17.2. The molecule has 4 fully saturated rings. The molecule has 0 aromatic carbocycles. The lowest BCUT2D eigenvalue weighted by atomic mass is 9.49. The molecule has 4 bridgehead atoms. The van der Waals surface area contributed by atoms with Crippen molar-refractivity contribution in [1.29, 1.82) is 0 Å². The Morgan fingerprint density at radius 3 is 1.88 bits per heavy atom. The Balaban J connectivity index is 1.34. The van der Waals surface area contributed by atoms with Crippen LogP contribution < -0.4 is 16.0 Å². The minimum atomic E-state index is -0.346. The lowest BCUT2D eigenvalue weighted by Crippen LogP contribution is -2.47. The third kappa shape index (κ3) is 4.28. The molecule has 0 atom stereocenters. The maximum atomic E-state index is 11.9. The smallest absolute Gasteiger partial charge is 0.239 e. The van der Waals surface area contributed by atoms with E-state index in [-0.39, 0.29) is 30.8 Å². The Labute approximate surface area is 143 Å². The highest BCUT2D eigenvalue weighted by atomic mass is 16.2. The lowest BCUT2D eigenvalue weighted by molar-refractivity contribution is -0.127. The zero-order chi connectivity index (χ0) is 17.2. The fourth-order valence-electron chi connectivity index (χ4n) is 5.57. The monoisotopic (exact) mass is 335 g/mol. The molecular weight excluding hydrogens is 306 g/mol. The SMILES string of the molecule is CC(=O)NCC(=O)NCC(=O)NCCC12CC3CC(CC(C3)C1)C2. The van der Waals surface area contributed by atoms with Gasteiger partial charge in [0.25, 0.3) is 0 Å². The van der Waals surface area contributed by atoms with E-state index in [2.05, 4.69) is 16.0 Å². The van der Waals surface area contributed by atoms with Crippen LogP contribution in [-0.2, 0) is 14.4 Å². The molecule has 6 heteroatoms. The van der Waals surface area contributed by atoms with Gasteiger partial charge in [-0.15, -0.1) is 0 Å². The van der Waals surface area contributed by atoms with Crippen molar-refractivity contribution in [3.63, 3.8) is 0 Å². The summed E-state index contributed by atoms with van der Waals surface area (Å²) in [6.45, 7) is 1.94. The second kappa shape index (κ2) is 7.11. The zero-order valence-electron chi connectivity index (χ0n) is 14.5. The summed E-state index contributed by atoms with van der Waals surface area (Å²) >= 11 is 0. The van der Waals surface area contributed by atoms with Crippen molar-refractivity contribution >= 4 is 17.7 Å². The van der Waals surface area contributed by atoms with Crippen LogP contribution in [0.5, 0.6) is 0 Å². The maximum absolute atomic E-state index is 11.9. The summed E-state index contributed by atoms with van der Waals surface area (Å²) in [6, 6.07) is 0. The number of hydrogen-bond acceptors (Lipinski definition) is 3. The van der Waals surface area contributed by atoms with Gasteiger partial charge < -0.3 is 16.0 Å². The Kier molecular flexibility index (Phi) is 5.11. The number of carbonyl (C=O) groups is 3. The Bertz CT molecular complexity index is 482. The minimum absolute atomic E-state index is 0.0285. The van der Waals surface area contributed by atoms with Crippen LogP contribution in [0, 0.1) is 23.2 Å². The van der Waals surface area contributed by atoms with Crippen LogP contribution in [0.3, 0.4) is 0 Å². The molecule has 0 unspecified atom stereocenters. The summed E-state index contributed by atoms with van der Waals surface area (Å²) in [5, 5.41) is 7.86. The van der Waals surface area contributed by atoms with Gasteiger partial charge in [0.05, 0.1) is 13.1 Å². The standard InChI is InChI=1S/C18H29N3O3/c1-12(22)20-10-17(24)21-11-16(23)19-3-2-18-7-13-4-14(8-18)6-15(5-13)9-18/h13-15H,2-11H2,1H3,(H,19,23)(H,20,22)(H,21,24). The summed E-state index contributed by atoms with van der Waals surface area (Å²) in [4.78, 5) is 34.0. The number of hydrogen-bond donors (Lipinski definition) is 3. The van der Waals surface area contributed by atoms with Crippen LogP contribution in [0.25, 0.3) is 0 Å². The molecule has 24 heavy (non-hydrogen) atoms. The van der Waals surface area contributed by atoms with Gasteiger partial charge in [-0.05, 0) is 68.1 Å². The van der Waals surface area contributed by atoms with E-state index in [9.17, 15) is 14.4 Å². The number of amides is 3. The van der Waals surface area contributed by atoms with E-state index in [1.165, 1.54) is 45.4 Å². The molecule has 3 amide bonds. The molecule has 134 valence electrons. The van der Waals surface area contributed by atoms with Gasteiger partial charge in [-0.2, -0.15) is 0 Å². The highest BCUT2D eigenvalue weighted by molar-refractivity contribution is 5.87. The van der Waals surface area contributed by atoms with E-state index in [1.54, 1.807) is 0 Å². The summed E-state index contributed by atoms with van der Waals surface area (Å²) < 4.78 is 0. The molecule has 0 radical (unpaired) electrons. The number of nitrogens with one attached hydrogen (secondary N) is 3. The average Bonchev–Trinajstić information content (AvgIpc) is 2.49. The fraction of sp³-hybridized carbons (Fsp3) is 0.833. The Hall–Kier alpha value is -1.59. The fourth-order valence-corrected chi connectivity index (χ4v) is 5.57. The van der Waals surface area contributed by atoms with Crippen molar-refractivity contribution in [3.8, 4) is 0 Å². The highest BCUT2D eigenvalue weighted by Crippen LogP contribution is 2.61. The molecule has 4 aliphatic carbocycles. The molecule has 4 saturated carbocycles. The van der Waals surface area contributed by atoms with E-state index in [0.717, 1.165) is 24.2 Å². The van der Waals surface area contributed by atoms with Gasteiger partial charge in [-0.3, -0.25) is 14.4 Å². The largest absolute Gasteiger partial charge is 0.355 e. The van der Waals surface area contributed by atoms with E-state index in [0.29, 0.717) is 12.0 Å². The highest BCUT2D eigenvalue weighted by Gasteiger charge is 2.50. The van der Waals surface area contributed by atoms with Crippen LogP contribution in [0.2, 0.25) is 0 Å². The van der Waals surface area contributed by atoms with Crippen LogP contribution in [0.15, 0.2) is 0 Å². The van der Waals surface area contributed by atoms with Gasteiger partial charge in [-0.25, -0.2) is 0 Å². The van der Waals surface area contributed by atoms with Crippen molar-refractivity contribution in [2.45, 2.75) is 51.9 Å². The zero-order valence-corrected chi connectivity index (χ0v) is 14.5. The predicted octanol–water partition coefficient (Wildman–Crippen LogP) is 0.961. The topological polar surface area (TPSA) is 87.3 Å². The quantitative estimate of drug-likeness (QED) is 0.648. The second-order valence-corrected chi connectivity index (χ2v) is 8.20. The summed E-state index contributed by atoms with van der Waals surface area (Å²) in [5.74, 6) is 2.03. The molecular formula is C18H29N3O3. The van der Waals surface area contributed by atoms with Crippen molar-refractivity contribution in [1.82, 2.24) is 16.0 Å². The number of carbonyl (C=O) groups excluding carboxylic acids is 3. The third-order valence-corrected chi connectivity index (χ3v) is 6.09. The van der Waals surface area contributed by atoms with Gasteiger partial charge in [-0.1, -0.05) is 0 Å². The number of rotatable bonds is 7. The first-order valence-electron chi connectivity index (χ1n) is 9.22. The van der Waals surface area contributed by atoms with Crippen molar-refractivity contribution in [3.05, 3.63) is 0 Å². The first-order valence-corrected chi connectivity index (χ1v) is 9.22. The van der Waals surface area contributed by atoms with Gasteiger partial charge in [0, 0.05) is 13.5 Å². The summed E-state index contributed by atoms with van der Waals surface area (Å²) in [7, 11) is 0. The Morgan fingerprint density at radius 2 is 1.33 bits per heavy atom. The molecule has 6 nitrogen and oxygen atoms in total. The Morgan fingerprint density at radius 1 is 0.833 bits per heavy atom. The molecule has 0 saturated heterocycles. The predicted molar refractivity (Wildman–Crippen MR) is 89.9 cm³/mol. The van der Waals surface area contributed by atoms with Crippen LogP contribution in [-0.4, -0.2) is 37.4 Å². The van der Waals surface area contributed by atoms with Crippen molar-refractivity contribution in [2.24, 2.45) is 23.2 Å². The molecule has 0 spiro atoms. The maximum Gasteiger partial charge on any atom is 0.239 e. The molecule has 3 N–H and O–H groups in total. The average molecular weight is 335 g/mol. The van der Waals surface area contributed by atoms with Crippen molar-refractivity contribution < 1.29 is 14.4 Å². The normalized spacial score (nSPS) is 33.1. The lowest BCUT2D eigenvalue weighted by Gasteiger charge is -2.57. The van der Waals surface area contributed by atoms with Crippen LogP contribution >= 0.6 is 0 Å². The van der Waals surface area contributed by atoms with Gasteiger partial charge >= 0.3 is 0 Å². The van der Waals surface area contributed by atoms with Gasteiger partial charge in [0.2, 0.25) is 17.7 Å². The molecule has 0 aromatic heterocycles. The van der Waals surface area contributed by atoms with Crippen molar-refractivity contribution in [2.75, 3.05) is 19.6 Å². The molecule has 4 aliphatic rings. The van der Waals surface area contributed by atoms with E-state index in [1.807, 2.05) is 0 Å². The summed E-state index contributed by atoms with van der Waals surface area (Å²) in [6.07, 6.45) is 9.43. The minimum Gasteiger partial charge on any atom is -0.355 e. The molecule has 4 rings (SSSR count). The molecule has 0 aliphatic heterocycles. The second-order valence-electron chi connectivity index (χ2n) is 8.20.